The molecule has 6 atom stereocenters. The average Bonchev–Trinajstić information content (AvgIpc) is 3.08. The fourth-order valence-electron chi connectivity index (χ4n) is 5.77. The second-order valence-electron chi connectivity index (χ2n) is 13.6. The first-order valence-corrected chi connectivity index (χ1v) is 17.8. The number of nitrogens with two attached hydrogens (primary N) is 3. The van der Waals surface area contributed by atoms with Gasteiger partial charge in [0.15, 0.2) is 5.78 Å². The third kappa shape index (κ3) is 15.6. The van der Waals surface area contributed by atoms with E-state index in [0.29, 0.717) is 44.3 Å². The maximum atomic E-state index is 13.9. The number of carbonyl (C=O) groups excluding carboxylic acids is 5. The number of aromatic hydroxyl groups is 1. The minimum absolute atomic E-state index is 0.00264. The van der Waals surface area contributed by atoms with Crippen molar-refractivity contribution in [3.63, 3.8) is 0 Å². The number of nitrogens with one attached hydrogen (secondary N) is 4. The number of rotatable bonds is 18. The molecule has 1 heterocycles. The summed E-state index contributed by atoms with van der Waals surface area (Å²) in [6.45, 7) is 4.48. The Kier molecular flexibility index (Phi) is 18.9. The van der Waals surface area contributed by atoms with Gasteiger partial charge in [-0.25, -0.2) is 0 Å². The first-order chi connectivity index (χ1) is 24.2. The van der Waals surface area contributed by atoms with Crippen molar-refractivity contribution in [1.82, 2.24) is 21.3 Å². The Hall–Kier alpha value is -4.34. The molecule has 0 bridgehead atoms. The van der Waals surface area contributed by atoms with Crippen LogP contribution in [0.25, 0.3) is 0 Å². The number of unbranched alkanes of at least 4 members (excludes halogenated alkanes) is 2. The number of benzene rings is 1. The third-order valence-corrected chi connectivity index (χ3v) is 8.69. The zero-order valence-corrected chi connectivity index (χ0v) is 29.8. The molecule has 1 aliphatic heterocycles. The van der Waals surface area contributed by atoms with Crippen LogP contribution in [0.5, 0.6) is 5.75 Å². The van der Waals surface area contributed by atoms with Crippen LogP contribution in [-0.4, -0.2) is 88.9 Å². The lowest BCUT2D eigenvalue weighted by Crippen LogP contribution is -2.58. The van der Waals surface area contributed by atoms with Gasteiger partial charge in [0.2, 0.25) is 23.6 Å². The van der Waals surface area contributed by atoms with Gasteiger partial charge in [0.25, 0.3) is 0 Å². The first kappa shape index (κ1) is 42.8. The van der Waals surface area contributed by atoms with Crippen molar-refractivity contribution in [1.29, 1.82) is 0 Å². The molecule has 0 aromatic heterocycles. The highest BCUT2D eigenvalue weighted by molar-refractivity contribution is 5.96. The molecule has 0 aliphatic carbocycles. The van der Waals surface area contributed by atoms with E-state index >= 15 is 0 Å². The van der Waals surface area contributed by atoms with Crippen molar-refractivity contribution in [2.45, 2.75) is 115 Å². The van der Waals surface area contributed by atoms with E-state index in [9.17, 15) is 39.0 Å². The maximum absolute atomic E-state index is 13.9. The summed E-state index contributed by atoms with van der Waals surface area (Å²) in [5, 5.41) is 30.5. The van der Waals surface area contributed by atoms with Gasteiger partial charge in [0.05, 0.1) is 18.0 Å². The Morgan fingerprint density at radius 2 is 1.39 bits per heavy atom. The van der Waals surface area contributed by atoms with E-state index in [1.807, 2.05) is 13.8 Å². The Labute approximate surface area is 299 Å². The van der Waals surface area contributed by atoms with Crippen LogP contribution in [0.3, 0.4) is 0 Å². The molecule has 2 rings (SSSR count). The van der Waals surface area contributed by atoms with E-state index in [1.54, 1.807) is 24.3 Å². The molecule has 0 fully saturated rings. The van der Waals surface area contributed by atoms with Crippen LogP contribution < -0.4 is 38.5 Å². The highest BCUT2D eigenvalue weighted by Gasteiger charge is 2.33. The van der Waals surface area contributed by atoms with Gasteiger partial charge in [-0.2, -0.15) is 0 Å². The quantitative estimate of drug-likeness (QED) is 0.0747. The second kappa shape index (κ2) is 22.5. The number of hydrogen-bond acceptors (Lipinski definition) is 10. The highest BCUT2D eigenvalue weighted by atomic mass is 16.4. The monoisotopic (exact) mass is 715 g/mol. The minimum Gasteiger partial charge on any atom is -0.508 e. The van der Waals surface area contributed by atoms with Gasteiger partial charge in [0, 0.05) is 6.42 Å². The molecule has 0 unspecified atom stereocenters. The van der Waals surface area contributed by atoms with Crippen LogP contribution >= 0.6 is 0 Å². The zero-order valence-electron chi connectivity index (χ0n) is 29.8. The fourth-order valence-corrected chi connectivity index (χ4v) is 5.77. The van der Waals surface area contributed by atoms with Crippen LogP contribution in [0.1, 0.15) is 83.6 Å². The van der Waals surface area contributed by atoms with E-state index in [-0.39, 0.29) is 56.6 Å². The van der Waals surface area contributed by atoms with Gasteiger partial charge in [-0.1, -0.05) is 38.1 Å². The number of Topliss-reactive ketones (excluding diaryl/α,β-unsaturated/α-hetero) is 1. The van der Waals surface area contributed by atoms with Crippen molar-refractivity contribution in [3.05, 3.63) is 42.0 Å². The van der Waals surface area contributed by atoms with Crippen molar-refractivity contribution >= 4 is 35.4 Å². The maximum Gasteiger partial charge on any atom is 0.306 e. The lowest BCUT2D eigenvalue weighted by molar-refractivity contribution is -0.144. The molecule has 1 aromatic rings. The standard InChI is InChI=1S/C36H57N7O8/c1-22(2)19-24(36(50)51)21-31(45)30(20-23-13-15-25(44)16-14-23)43-35(49)28-10-4-3-9-26(39)32(46)40-27(11-5-7-17-37)33(47)42-29(34(48)41-28)12-6-8-18-38/h3-4,13-16,22,24,26-30,44H,5-12,17-21,37-39H2,1-2H3,(H,40,46)(H,41,48)(H,42,47)(H,43,49)(H,50,51)/t24-,26+,27+,28+,29+,30+/m0/s1. The van der Waals surface area contributed by atoms with E-state index in [2.05, 4.69) is 21.3 Å². The van der Waals surface area contributed by atoms with Crippen LogP contribution in [0.4, 0.5) is 0 Å². The number of carboxylic acids is 1. The summed E-state index contributed by atoms with van der Waals surface area (Å²) in [6, 6.07) is 0.658. The summed E-state index contributed by atoms with van der Waals surface area (Å²) in [5.74, 6) is -5.04. The molecule has 0 spiro atoms. The number of phenolic OH excluding ortho intramolecular Hbond substituents is 1. The van der Waals surface area contributed by atoms with Crippen LogP contribution in [0.15, 0.2) is 36.4 Å². The van der Waals surface area contributed by atoms with E-state index < -0.39 is 71.5 Å². The normalized spacial score (nSPS) is 21.5. The summed E-state index contributed by atoms with van der Waals surface area (Å²) >= 11 is 0. The fraction of sp³-hybridized carbons (Fsp3) is 0.611. The number of phenols is 1. The molecule has 284 valence electrons. The molecular formula is C36H57N7O8. The minimum atomic E-state index is -1.21. The van der Waals surface area contributed by atoms with Gasteiger partial charge in [-0.3, -0.25) is 28.8 Å². The Morgan fingerprint density at radius 1 is 0.843 bits per heavy atom. The molecule has 51 heavy (non-hydrogen) atoms. The molecule has 1 aromatic carbocycles. The van der Waals surface area contributed by atoms with Crippen molar-refractivity contribution < 1.29 is 39.0 Å². The number of ketones is 1. The molecule has 15 heteroatoms. The largest absolute Gasteiger partial charge is 0.508 e. The van der Waals surface area contributed by atoms with Crippen LogP contribution in [0.2, 0.25) is 0 Å². The third-order valence-electron chi connectivity index (χ3n) is 8.69. The van der Waals surface area contributed by atoms with Gasteiger partial charge in [0.1, 0.15) is 23.9 Å². The smallest absolute Gasteiger partial charge is 0.306 e. The number of amides is 4. The summed E-state index contributed by atoms with van der Waals surface area (Å²) in [7, 11) is 0. The lowest BCUT2D eigenvalue weighted by Gasteiger charge is -2.27. The van der Waals surface area contributed by atoms with Crippen LogP contribution in [-0.2, 0) is 35.2 Å². The van der Waals surface area contributed by atoms with Crippen molar-refractivity contribution in [2.24, 2.45) is 29.0 Å². The summed E-state index contributed by atoms with van der Waals surface area (Å²) < 4.78 is 0. The molecule has 0 radical (unpaired) electrons. The Balaban J connectivity index is 2.43. The summed E-state index contributed by atoms with van der Waals surface area (Å²) in [4.78, 5) is 79.7. The molecule has 0 saturated heterocycles. The predicted molar refractivity (Wildman–Crippen MR) is 192 cm³/mol. The number of hydrogen-bond donors (Lipinski definition) is 9. The average molecular weight is 716 g/mol. The van der Waals surface area contributed by atoms with Crippen LogP contribution in [0, 0.1) is 11.8 Å². The number of carbonyl (C=O) groups is 6. The molecular weight excluding hydrogens is 658 g/mol. The van der Waals surface area contributed by atoms with Crippen molar-refractivity contribution in [2.75, 3.05) is 13.1 Å². The zero-order chi connectivity index (χ0) is 37.9. The van der Waals surface area contributed by atoms with Gasteiger partial charge >= 0.3 is 5.97 Å². The molecule has 4 amide bonds. The van der Waals surface area contributed by atoms with E-state index in [1.165, 1.54) is 12.1 Å². The van der Waals surface area contributed by atoms with Gasteiger partial charge in [-0.05, 0) is 101 Å². The summed E-state index contributed by atoms with van der Waals surface area (Å²) in [6.07, 6.45) is 5.90. The Bertz CT molecular complexity index is 1340. The molecule has 0 saturated carbocycles. The number of aliphatic carboxylic acids is 1. The van der Waals surface area contributed by atoms with E-state index in [0.717, 1.165) is 0 Å². The summed E-state index contributed by atoms with van der Waals surface area (Å²) in [5.41, 5.74) is 18.0. The molecule has 1 aliphatic rings. The van der Waals surface area contributed by atoms with Gasteiger partial charge < -0.3 is 48.7 Å². The number of carboxylic acid groups (broad SMARTS) is 1. The van der Waals surface area contributed by atoms with Gasteiger partial charge in [-0.15, -0.1) is 0 Å². The predicted octanol–water partition coefficient (Wildman–Crippen LogP) is 0.515. The second-order valence-corrected chi connectivity index (χ2v) is 13.6. The first-order valence-electron chi connectivity index (χ1n) is 17.8. The van der Waals surface area contributed by atoms with Crippen molar-refractivity contribution in [3.8, 4) is 5.75 Å². The van der Waals surface area contributed by atoms with E-state index in [4.69, 9.17) is 17.2 Å². The SMILES string of the molecule is CC(C)C[C@@H](CC(=O)[C@@H](Cc1ccc(O)cc1)NC(=O)[C@H]1CC=CC[C@@H](N)C(=O)N[C@H](CCCCN)C(=O)N[C@H](CCCCN)C(=O)N1)C(=O)O. The topological polar surface area (TPSA) is 269 Å². The molecule has 15 nitrogen and oxygen atoms in total. The molecule has 12 N–H and O–H groups in total. The Morgan fingerprint density at radius 3 is 1.94 bits per heavy atom. The lowest BCUT2D eigenvalue weighted by atomic mass is 9.89. The highest BCUT2D eigenvalue weighted by Crippen LogP contribution is 2.19.